The second-order valence-corrected chi connectivity index (χ2v) is 6.19. The quantitative estimate of drug-likeness (QED) is 0.836. The van der Waals surface area contributed by atoms with E-state index < -0.39 is 0 Å². The minimum absolute atomic E-state index is 0.633. The molecule has 18 heavy (non-hydrogen) atoms. The molecule has 0 aliphatic heterocycles. The van der Waals surface area contributed by atoms with E-state index in [-0.39, 0.29) is 0 Å². The first kappa shape index (κ1) is 12.2. The predicted octanol–water partition coefficient (Wildman–Crippen LogP) is 3.28. The van der Waals surface area contributed by atoms with Crippen molar-refractivity contribution in [3.63, 3.8) is 0 Å². The molecule has 2 fully saturated rings. The molecule has 1 aromatic heterocycles. The van der Waals surface area contributed by atoms with Crippen LogP contribution in [0.3, 0.4) is 0 Å². The van der Waals surface area contributed by atoms with Crippen LogP contribution in [0.15, 0.2) is 12.3 Å². The lowest BCUT2D eigenvalue weighted by molar-refractivity contribution is 0.451. The summed E-state index contributed by atoms with van der Waals surface area (Å²) in [6.07, 6.45) is 11.8. The Balaban J connectivity index is 1.46. The van der Waals surface area contributed by atoms with Crippen LogP contribution >= 0.6 is 0 Å². The maximum Gasteiger partial charge on any atom is 0.0762 e. The summed E-state index contributed by atoms with van der Waals surface area (Å²) in [4.78, 5) is 0. The molecule has 2 aliphatic carbocycles. The highest BCUT2D eigenvalue weighted by atomic mass is 15.3. The van der Waals surface area contributed by atoms with E-state index in [2.05, 4.69) is 29.2 Å². The van der Waals surface area contributed by atoms with Crippen molar-refractivity contribution in [2.75, 3.05) is 0 Å². The topological polar surface area (TPSA) is 29.9 Å². The number of rotatable bonds is 6. The summed E-state index contributed by atoms with van der Waals surface area (Å²) in [6.45, 7) is 3.22. The fourth-order valence-electron chi connectivity index (χ4n) is 3.06. The predicted molar refractivity (Wildman–Crippen MR) is 73.4 cm³/mol. The molecule has 1 aromatic rings. The van der Waals surface area contributed by atoms with Gasteiger partial charge in [-0.05, 0) is 38.2 Å². The second kappa shape index (κ2) is 5.43. The maximum atomic E-state index is 4.71. The third-order valence-electron chi connectivity index (χ3n) is 4.38. The van der Waals surface area contributed by atoms with Crippen LogP contribution in [-0.2, 0) is 6.54 Å². The van der Waals surface area contributed by atoms with E-state index in [0.717, 1.165) is 12.5 Å². The number of nitrogens with one attached hydrogen (secondary N) is 1. The Morgan fingerprint density at radius 1 is 1.33 bits per heavy atom. The Kier molecular flexibility index (Phi) is 3.69. The zero-order chi connectivity index (χ0) is 12.4. The van der Waals surface area contributed by atoms with E-state index in [0.29, 0.717) is 12.1 Å². The standard InChI is InChI=1S/C15H25N3/c1-12(10-13-6-7-13)16-11-14-8-9-18(17-14)15-4-2-3-5-15/h8-9,12-13,15-16H,2-7,10-11H2,1H3. The molecule has 0 saturated heterocycles. The van der Waals surface area contributed by atoms with Crippen LogP contribution in [-0.4, -0.2) is 15.8 Å². The molecule has 3 rings (SSSR count). The molecule has 3 nitrogen and oxygen atoms in total. The van der Waals surface area contributed by atoms with Crippen molar-refractivity contribution in [2.24, 2.45) is 5.92 Å². The van der Waals surface area contributed by atoms with Crippen LogP contribution in [0.4, 0.5) is 0 Å². The molecular weight excluding hydrogens is 222 g/mol. The molecule has 2 aliphatic rings. The van der Waals surface area contributed by atoms with E-state index in [1.807, 2.05) is 0 Å². The van der Waals surface area contributed by atoms with Gasteiger partial charge in [-0.15, -0.1) is 0 Å². The van der Waals surface area contributed by atoms with E-state index >= 15 is 0 Å². The van der Waals surface area contributed by atoms with Gasteiger partial charge >= 0.3 is 0 Å². The van der Waals surface area contributed by atoms with Crippen molar-refractivity contribution < 1.29 is 0 Å². The minimum atomic E-state index is 0.633. The van der Waals surface area contributed by atoms with Crippen molar-refractivity contribution in [3.05, 3.63) is 18.0 Å². The van der Waals surface area contributed by atoms with Crippen molar-refractivity contribution in [1.82, 2.24) is 15.1 Å². The van der Waals surface area contributed by atoms with Crippen LogP contribution in [0.5, 0.6) is 0 Å². The Bertz CT molecular complexity index is 375. The third-order valence-corrected chi connectivity index (χ3v) is 4.38. The SMILES string of the molecule is CC(CC1CC1)NCc1ccn(C2CCCC2)n1. The highest BCUT2D eigenvalue weighted by Crippen LogP contribution is 2.33. The second-order valence-electron chi connectivity index (χ2n) is 6.19. The largest absolute Gasteiger partial charge is 0.309 e. The van der Waals surface area contributed by atoms with Gasteiger partial charge < -0.3 is 5.32 Å². The highest BCUT2D eigenvalue weighted by molar-refractivity contribution is 5.00. The molecule has 0 radical (unpaired) electrons. The van der Waals surface area contributed by atoms with Crippen LogP contribution in [0, 0.1) is 5.92 Å². The van der Waals surface area contributed by atoms with Gasteiger partial charge in [0.25, 0.3) is 0 Å². The molecule has 1 unspecified atom stereocenters. The van der Waals surface area contributed by atoms with Gasteiger partial charge in [0.05, 0.1) is 11.7 Å². The van der Waals surface area contributed by atoms with Gasteiger partial charge in [0.2, 0.25) is 0 Å². The molecule has 1 heterocycles. The monoisotopic (exact) mass is 247 g/mol. The van der Waals surface area contributed by atoms with Gasteiger partial charge in [-0.1, -0.05) is 25.7 Å². The van der Waals surface area contributed by atoms with E-state index in [9.17, 15) is 0 Å². The summed E-state index contributed by atoms with van der Waals surface area (Å²) >= 11 is 0. The molecular formula is C15H25N3. The zero-order valence-electron chi connectivity index (χ0n) is 11.4. The van der Waals surface area contributed by atoms with Gasteiger partial charge in [-0.3, -0.25) is 4.68 Å². The summed E-state index contributed by atoms with van der Waals surface area (Å²) in [6, 6.07) is 3.48. The zero-order valence-corrected chi connectivity index (χ0v) is 11.4. The number of nitrogens with zero attached hydrogens (tertiary/aromatic N) is 2. The summed E-state index contributed by atoms with van der Waals surface area (Å²) in [5, 5.41) is 8.31. The van der Waals surface area contributed by atoms with Crippen molar-refractivity contribution in [3.8, 4) is 0 Å². The lowest BCUT2D eigenvalue weighted by atomic mass is 10.1. The molecule has 0 amide bonds. The molecule has 0 aromatic carbocycles. The third kappa shape index (κ3) is 3.14. The number of hydrogen-bond donors (Lipinski definition) is 1. The van der Waals surface area contributed by atoms with Crippen LogP contribution < -0.4 is 5.32 Å². The first-order valence-electron chi connectivity index (χ1n) is 7.58. The van der Waals surface area contributed by atoms with Gasteiger partial charge in [0.15, 0.2) is 0 Å². The molecule has 1 N–H and O–H groups in total. The van der Waals surface area contributed by atoms with Crippen molar-refractivity contribution in [2.45, 2.75) is 70.5 Å². The summed E-state index contributed by atoms with van der Waals surface area (Å²) in [7, 11) is 0. The number of hydrogen-bond acceptors (Lipinski definition) is 2. The van der Waals surface area contributed by atoms with Crippen LogP contribution in [0.25, 0.3) is 0 Å². The smallest absolute Gasteiger partial charge is 0.0762 e. The van der Waals surface area contributed by atoms with E-state index in [1.165, 1.54) is 50.6 Å². The lowest BCUT2D eigenvalue weighted by Crippen LogP contribution is -2.26. The van der Waals surface area contributed by atoms with E-state index in [1.54, 1.807) is 0 Å². The maximum absolute atomic E-state index is 4.71. The Morgan fingerprint density at radius 3 is 2.83 bits per heavy atom. The summed E-state index contributed by atoms with van der Waals surface area (Å²) < 4.78 is 2.19. The first-order valence-corrected chi connectivity index (χ1v) is 7.58. The van der Waals surface area contributed by atoms with Gasteiger partial charge in [0.1, 0.15) is 0 Å². The minimum Gasteiger partial charge on any atom is -0.309 e. The molecule has 100 valence electrons. The Hall–Kier alpha value is -0.830. The average molecular weight is 247 g/mol. The van der Waals surface area contributed by atoms with Crippen LogP contribution in [0.2, 0.25) is 0 Å². The van der Waals surface area contributed by atoms with Crippen molar-refractivity contribution in [1.29, 1.82) is 0 Å². The van der Waals surface area contributed by atoms with Gasteiger partial charge in [-0.2, -0.15) is 5.10 Å². The van der Waals surface area contributed by atoms with Crippen LogP contribution in [0.1, 0.15) is 63.6 Å². The highest BCUT2D eigenvalue weighted by Gasteiger charge is 2.23. The fraction of sp³-hybridized carbons (Fsp3) is 0.800. The normalized spacial score (nSPS) is 22.5. The van der Waals surface area contributed by atoms with Gasteiger partial charge in [0, 0.05) is 18.8 Å². The average Bonchev–Trinajstić information content (AvgIpc) is 2.87. The van der Waals surface area contributed by atoms with E-state index in [4.69, 9.17) is 5.10 Å². The molecule has 1 atom stereocenters. The summed E-state index contributed by atoms with van der Waals surface area (Å²) in [5.74, 6) is 1.00. The van der Waals surface area contributed by atoms with Crippen molar-refractivity contribution >= 4 is 0 Å². The fourth-order valence-corrected chi connectivity index (χ4v) is 3.06. The molecule has 2 saturated carbocycles. The first-order chi connectivity index (χ1) is 8.81. The summed E-state index contributed by atoms with van der Waals surface area (Å²) in [5.41, 5.74) is 1.20. The Labute approximate surface area is 110 Å². The lowest BCUT2D eigenvalue weighted by Gasteiger charge is -2.12. The van der Waals surface area contributed by atoms with Gasteiger partial charge in [-0.25, -0.2) is 0 Å². The molecule has 0 spiro atoms. The number of aromatic nitrogens is 2. The Morgan fingerprint density at radius 2 is 2.11 bits per heavy atom. The molecule has 0 bridgehead atoms. The molecule has 3 heteroatoms.